The summed E-state index contributed by atoms with van der Waals surface area (Å²) in [6, 6.07) is 10.5. The third-order valence-electron chi connectivity index (χ3n) is 4.45. The molecule has 2 aromatic rings. The Morgan fingerprint density at radius 2 is 1.57 bits per heavy atom. The maximum absolute atomic E-state index is 12.3. The molecule has 0 heterocycles. The predicted octanol–water partition coefficient (Wildman–Crippen LogP) is 1.82. The van der Waals surface area contributed by atoms with E-state index in [1.54, 1.807) is 25.1 Å². The first-order valence-corrected chi connectivity index (χ1v) is 10.9. The lowest BCUT2D eigenvalue weighted by Gasteiger charge is -2.11. The summed E-state index contributed by atoms with van der Waals surface area (Å²) in [4.78, 5) is 23.8. The van der Waals surface area contributed by atoms with Crippen LogP contribution in [0.3, 0.4) is 0 Å². The zero-order valence-electron chi connectivity index (χ0n) is 17.5. The number of nitrogens with one attached hydrogen (secondary N) is 3. The summed E-state index contributed by atoms with van der Waals surface area (Å²) in [6.45, 7) is 7.14. The molecule has 2 aromatic carbocycles. The topological polar surface area (TPSA) is 114 Å². The second kappa shape index (κ2) is 10.2. The van der Waals surface area contributed by atoms with Crippen molar-refractivity contribution < 1.29 is 22.7 Å². The van der Waals surface area contributed by atoms with Crippen molar-refractivity contribution in [1.29, 1.82) is 0 Å². The van der Waals surface area contributed by atoms with Crippen LogP contribution in [0, 0.1) is 27.7 Å². The first-order chi connectivity index (χ1) is 14.1. The van der Waals surface area contributed by atoms with Crippen molar-refractivity contribution in [2.24, 2.45) is 0 Å². The lowest BCUT2D eigenvalue weighted by Crippen LogP contribution is -2.44. The van der Waals surface area contributed by atoms with E-state index in [9.17, 15) is 18.0 Å². The SMILES string of the molecule is Cc1ccc(S(=O)(=O)NCCC(=O)NNC(=O)COc2ccc(C)c(C)c2)c(C)c1. The number of hydrazine groups is 1. The van der Waals surface area contributed by atoms with Crippen LogP contribution in [0.4, 0.5) is 0 Å². The number of aryl methyl sites for hydroxylation is 4. The minimum absolute atomic E-state index is 0.101. The van der Waals surface area contributed by atoms with E-state index in [-0.39, 0.29) is 24.5 Å². The summed E-state index contributed by atoms with van der Waals surface area (Å²) in [5.74, 6) is -0.504. The van der Waals surface area contributed by atoms with Crippen LogP contribution in [0.25, 0.3) is 0 Å². The van der Waals surface area contributed by atoms with Crippen molar-refractivity contribution in [2.75, 3.05) is 13.2 Å². The molecule has 8 nitrogen and oxygen atoms in total. The van der Waals surface area contributed by atoms with Gasteiger partial charge < -0.3 is 4.74 Å². The number of benzene rings is 2. The number of rotatable bonds is 8. The Morgan fingerprint density at radius 3 is 2.23 bits per heavy atom. The van der Waals surface area contributed by atoms with E-state index in [1.165, 1.54) is 6.07 Å². The molecule has 3 N–H and O–H groups in total. The van der Waals surface area contributed by atoms with Crippen molar-refractivity contribution in [2.45, 2.75) is 39.0 Å². The van der Waals surface area contributed by atoms with Gasteiger partial charge in [-0.2, -0.15) is 0 Å². The normalized spacial score (nSPS) is 11.1. The predicted molar refractivity (Wildman–Crippen MR) is 113 cm³/mol. The molecule has 0 saturated heterocycles. The molecule has 0 aliphatic rings. The molecule has 0 atom stereocenters. The van der Waals surface area contributed by atoms with Crippen molar-refractivity contribution in [3.63, 3.8) is 0 Å². The molecule has 2 amide bonds. The van der Waals surface area contributed by atoms with E-state index < -0.39 is 21.8 Å². The van der Waals surface area contributed by atoms with Gasteiger partial charge in [-0.05, 0) is 62.6 Å². The monoisotopic (exact) mass is 433 g/mol. The molecule has 2 rings (SSSR count). The van der Waals surface area contributed by atoms with Gasteiger partial charge in [0.05, 0.1) is 4.90 Å². The van der Waals surface area contributed by atoms with Gasteiger partial charge in [0.25, 0.3) is 5.91 Å². The molecule has 0 aliphatic carbocycles. The summed E-state index contributed by atoms with van der Waals surface area (Å²) < 4.78 is 32.5. The van der Waals surface area contributed by atoms with Gasteiger partial charge in [0.15, 0.2) is 6.61 Å². The largest absolute Gasteiger partial charge is 0.484 e. The Morgan fingerprint density at radius 1 is 0.867 bits per heavy atom. The number of hydrogen-bond donors (Lipinski definition) is 3. The Bertz CT molecular complexity index is 1030. The zero-order valence-corrected chi connectivity index (χ0v) is 18.4. The molecule has 0 unspecified atom stereocenters. The lowest BCUT2D eigenvalue weighted by molar-refractivity contribution is -0.129. The summed E-state index contributed by atoms with van der Waals surface area (Å²) in [6.07, 6.45) is -0.136. The van der Waals surface area contributed by atoms with Gasteiger partial charge in [-0.3, -0.25) is 20.4 Å². The van der Waals surface area contributed by atoms with Gasteiger partial charge in [-0.25, -0.2) is 13.1 Å². The second-order valence-corrected chi connectivity index (χ2v) is 8.78. The zero-order chi connectivity index (χ0) is 22.3. The number of sulfonamides is 1. The molecule has 30 heavy (non-hydrogen) atoms. The fourth-order valence-electron chi connectivity index (χ4n) is 2.67. The molecule has 0 aliphatic heterocycles. The fourth-order valence-corrected chi connectivity index (χ4v) is 3.92. The van der Waals surface area contributed by atoms with Crippen LogP contribution in [-0.4, -0.2) is 33.4 Å². The van der Waals surface area contributed by atoms with Crippen LogP contribution in [0.5, 0.6) is 5.75 Å². The molecule has 0 saturated carbocycles. The lowest BCUT2D eigenvalue weighted by atomic mass is 10.1. The summed E-state index contributed by atoms with van der Waals surface area (Å²) >= 11 is 0. The quantitative estimate of drug-likeness (QED) is 0.550. The minimum atomic E-state index is -3.72. The van der Waals surface area contributed by atoms with Gasteiger partial charge in [-0.15, -0.1) is 0 Å². The van der Waals surface area contributed by atoms with Gasteiger partial charge in [0, 0.05) is 13.0 Å². The third kappa shape index (κ3) is 6.85. The first-order valence-electron chi connectivity index (χ1n) is 9.43. The van der Waals surface area contributed by atoms with Gasteiger partial charge in [-0.1, -0.05) is 23.8 Å². The van der Waals surface area contributed by atoms with Gasteiger partial charge in [0.1, 0.15) is 5.75 Å². The highest BCUT2D eigenvalue weighted by Gasteiger charge is 2.17. The highest BCUT2D eigenvalue weighted by Crippen LogP contribution is 2.17. The van der Waals surface area contributed by atoms with E-state index in [4.69, 9.17) is 4.74 Å². The van der Waals surface area contributed by atoms with Crippen molar-refractivity contribution in [3.05, 3.63) is 58.7 Å². The smallest absolute Gasteiger partial charge is 0.276 e. The van der Waals surface area contributed by atoms with Gasteiger partial charge >= 0.3 is 0 Å². The highest BCUT2D eigenvalue weighted by molar-refractivity contribution is 7.89. The molecular formula is C21H27N3O5S. The third-order valence-corrected chi connectivity index (χ3v) is 6.07. The molecule has 0 aromatic heterocycles. The average molecular weight is 434 g/mol. The summed E-state index contributed by atoms with van der Waals surface area (Å²) in [7, 11) is -3.72. The molecule has 0 fully saturated rings. The van der Waals surface area contributed by atoms with Crippen LogP contribution in [-0.2, 0) is 19.6 Å². The van der Waals surface area contributed by atoms with E-state index >= 15 is 0 Å². The molecular weight excluding hydrogens is 406 g/mol. The Kier molecular flexibility index (Phi) is 7.96. The van der Waals surface area contributed by atoms with E-state index in [0.29, 0.717) is 11.3 Å². The molecule has 0 bridgehead atoms. The fraction of sp³-hybridized carbons (Fsp3) is 0.333. The van der Waals surface area contributed by atoms with E-state index in [2.05, 4.69) is 15.6 Å². The first kappa shape index (κ1) is 23.4. The molecule has 0 spiro atoms. The number of carbonyl (C=O) groups excluding carboxylic acids is 2. The number of ether oxygens (including phenoxy) is 1. The summed E-state index contributed by atoms with van der Waals surface area (Å²) in [5.41, 5.74) is 8.22. The number of amides is 2. The Labute approximate surface area is 177 Å². The Hall–Kier alpha value is -2.91. The Balaban J connectivity index is 1.72. The van der Waals surface area contributed by atoms with E-state index in [1.807, 2.05) is 32.9 Å². The van der Waals surface area contributed by atoms with Crippen molar-refractivity contribution in [1.82, 2.24) is 15.6 Å². The molecule has 9 heteroatoms. The van der Waals surface area contributed by atoms with Crippen LogP contribution in [0.1, 0.15) is 28.7 Å². The van der Waals surface area contributed by atoms with Crippen LogP contribution < -0.4 is 20.3 Å². The maximum atomic E-state index is 12.3. The molecule has 162 valence electrons. The van der Waals surface area contributed by atoms with E-state index in [0.717, 1.165) is 16.7 Å². The van der Waals surface area contributed by atoms with Crippen LogP contribution in [0.2, 0.25) is 0 Å². The standard InChI is InChI=1S/C21H27N3O5S/c1-14-5-8-19(17(4)11-14)30(27,28)22-10-9-20(25)23-24-21(26)13-29-18-7-6-15(2)16(3)12-18/h5-8,11-12,22H,9-10,13H2,1-4H3,(H,23,25)(H,24,26). The van der Waals surface area contributed by atoms with Crippen LogP contribution >= 0.6 is 0 Å². The second-order valence-electron chi connectivity index (χ2n) is 7.05. The summed E-state index contributed by atoms with van der Waals surface area (Å²) in [5, 5.41) is 0. The highest BCUT2D eigenvalue weighted by atomic mass is 32.2. The van der Waals surface area contributed by atoms with Crippen molar-refractivity contribution >= 4 is 21.8 Å². The minimum Gasteiger partial charge on any atom is -0.484 e. The van der Waals surface area contributed by atoms with Crippen molar-refractivity contribution in [3.8, 4) is 5.75 Å². The van der Waals surface area contributed by atoms with Crippen LogP contribution in [0.15, 0.2) is 41.3 Å². The number of hydrogen-bond acceptors (Lipinski definition) is 5. The maximum Gasteiger partial charge on any atom is 0.276 e. The number of carbonyl (C=O) groups is 2. The average Bonchev–Trinajstić information content (AvgIpc) is 2.66. The van der Waals surface area contributed by atoms with Gasteiger partial charge in [0.2, 0.25) is 15.9 Å². The molecule has 0 radical (unpaired) electrons.